The van der Waals surface area contributed by atoms with Crippen molar-refractivity contribution in [3.05, 3.63) is 0 Å². The largest absolute Gasteiger partial charge is 0.395 e. The maximum atomic E-state index is 11.2. The van der Waals surface area contributed by atoms with E-state index in [4.69, 9.17) is 5.11 Å². The number of carbonyl (C=O) groups is 3. The Hall–Kier alpha value is -1.67. The minimum atomic E-state index is -0.450. The normalized spacial score (nSPS) is 9.53. The lowest BCUT2D eigenvalue weighted by Crippen LogP contribution is -2.43. The maximum absolute atomic E-state index is 11.2. The average molecular weight is 246 g/mol. The van der Waals surface area contributed by atoms with E-state index in [0.29, 0.717) is 0 Å². The number of hydrogen-bond acceptors (Lipinski definition) is 5. The molecular weight excluding hydrogens is 228 g/mol. The molecule has 0 unspecified atom stereocenters. The molecule has 0 aromatic carbocycles. The lowest BCUT2D eigenvalue weighted by atomic mass is 10.5. The second-order valence-corrected chi connectivity index (χ2v) is 3.16. The molecule has 0 aliphatic carbocycles. The lowest BCUT2D eigenvalue weighted by Gasteiger charge is -2.07. The van der Waals surface area contributed by atoms with Crippen molar-refractivity contribution in [1.82, 2.24) is 21.3 Å². The Morgan fingerprint density at radius 1 is 0.882 bits per heavy atom. The van der Waals surface area contributed by atoms with Crippen molar-refractivity contribution in [2.75, 3.05) is 39.8 Å². The van der Waals surface area contributed by atoms with Gasteiger partial charge in [-0.2, -0.15) is 0 Å². The van der Waals surface area contributed by atoms with Gasteiger partial charge in [0.1, 0.15) is 0 Å². The van der Waals surface area contributed by atoms with Gasteiger partial charge in [0.2, 0.25) is 17.7 Å². The first kappa shape index (κ1) is 15.3. The third kappa shape index (κ3) is 9.27. The summed E-state index contributed by atoms with van der Waals surface area (Å²) in [7, 11) is 1.62. The first-order valence-corrected chi connectivity index (χ1v) is 5.15. The predicted octanol–water partition coefficient (Wildman–Crippen LogP) is -3.45. The molecule has 0 atom stereocenters. The molecule has 0 saturated carbocycles. The van der Waals surface area contributed by atoms with Crippen LogP contribution in [0.3, 0.4) is 0 Å². The van der Waals surface area contributed by atoms with Crippen LogP contribution in [0, 0.1) is 0 Å². The highest BCUT2D eigenvalue weighted by Gasteiger charge is 2.06. The van der Waals surface area contributed by atoms with Gasteiger partial charge in [0, 0.05) is 6.54 Å². The fraction of sp³-hybridized carbons (Fsp3) is 0.667. The number of likely N-dealkylation sites (N-methyl/N-ethyl adjacent to an activating group) is 1. The molecule has 8 nitrogen and oxygen atoms in total. The summed E-state index contributed by atoms with van der Waals surface area (Å²) in [5.41, 5.74) is 0. The van der Waals surface area contributed by atoms with Crippen LogP contribution in [0.4, 0.5) is 0 Å². The minimum Gasteiger partial charge on any atom is -0.395 e. The Labute approximate surface area is 99.1 Å². The summed E-state index contributed by atoms with van der Waals surface area (Å²) in [6, 6.07) is 0. The van der Waals surface area contributed by atoms with E-state index in [1.165, 1.54) is 0 Å². The van der Waals surface area contributed by atoms with Crippen molar-refractivity contribution in [3.63, 3.8) is 0 Å². The van der Waals surface area contributed by atoms with E-state index in [-0.39, 0.29) is 38.7 Å². The van der Waals surface area contributed by atoms with Crippen LogP contribution >= 0.6 is 0 Å². The van der Waals surface area contributed by atoms with Gasteiger partial charge in [-0.15, -0.1) is 0 Å². The predicted molar refractivity (Wildman–Crippen MR) is 60.0 cm³/mol. The molecular formula is C9H18N4O4. The van der Waals surface area contributed by atoms with Gasteiger partial charge >= 0.3 is 0 Å². The van der Waals surface area contributed by atoms with Gasteiger partial charge in [-0.3, -0.25) is 14.4 Å². The minimum absolute atomic E-state index is 0.129. The molecule has 17 heavy (non-hydrogen) atoms. The second-order valence-electron chi connectivity index (χ2n) is 3.16. The van der Waals surface area contributed by atoms with E-state index < -0.39 is 11.8 Å². The van der Waals surface area contributed by atoms with E-state index >= 15 is 0 Å². The van der Waals surface area contributed by atoms with E-state index in [9.17, 15) is 14.4 Å². The Bertz CT molecular complexity index is 270. The molecule has 0 aliphatic rings. The van der Waals surface area contributed by atoms with Crippen LogP contribution in [0.25, 0.3) is 0 Å². The highest BCUT2D eigenvalue weighted by molar-refractivity contribution is 5.88. The standard InChI is InChI=1S/C9H18N4O4/c1-10-4-7(15)12-6-9(17)13-5-8(16)11-2-3-14/h10,14H,2-6H2,1H3,(H,11,16)(H,12,15)(H,13,17). The summed E-state index contributed by atoms with van der Waals surface area (Å²) in [5, 5.41) is 18.1. The van der Waals surface area contributed by atoms with Crippen LogP contribution in [0.2, 0.25) is 0 Å². The molecule has 0 aromatic heterocycles. The summed E-state index contributed by atoms with van der Waals surface area (Å²) < 4.78 is 0. The highest BCUT2D eigenvalue weighted by atomic mass is 16.3. The number of nitrogens with one attached hydrogen (secondary N) is 4. The topological polar surface area (TPSA) is 120 Å². The van der Waals surface area contributed by atoms with Gasteiger partial charge in [-0.25, -0.2) is 0 Å². The van der Waals surface area contributed by atoms with Gasteiger partial charge in [-0.1, -0.05) is 0 Å². The van der Waals surface area contributed by atoms with Crippen molar-refractivity contribution in [1.29, 1.82) is 0 Å². The number of aliphatic hydroxyl groups excluding tert-OH is 1. The summed E-state index contributed by atoms with van der Waals surface area (Å²) in [5.74, 6) is -1.14. The van der Waals surface area contributed by atoms with Crippen molar-refractivity contribution in [2.24, 2.45) is 0 Å². The Morgan fingerprint density at radius 2 is 1.35 bits per heavy atom. The van der Waals surface area contributed by atoms with Gasteiger partial charge in [0.15, 0.2) is 0 Å². The third-order valence-electron chi connectivity index (χ3n) is 1.66. The number of carbonyl (C=O) groups excluding carboxylic acids is 3. The van der Waals surface area contributed by atoms with Gasteiger partial charge < -0.3 is 26.4 Å². The lowest BCUT2D eigenvalue weighted by molar-refractivity contribution is -0.127. The fourth-order valence-electron chi connectivity index (χ4n) is 0.901. The first-order chi connectivity index (χ1) is 8.10. The van der Waals surface area contributed by atoms with Crippen molar-refractivity contribution in [2.45, 2.75) is 0 Å². The van der Waals surface area contributed by atoms with Crippen LogP contribution in [0.1, 0.15) is 0 Å². The van der Waals surface area contributed by atoms with Crippen LogP contribution < -0.4 is 21.3 Å². The molecule has 0 aromatic rings. The molecule has 0 bridgehead atoms. The van der Waals surface area contributed by atoms with Crippen LogP contribution in [0.5, 0.6) is 0 Å². The Morgan fingerprint density at radius 3 is 1.82 bits per heavy atom. The van der Waals surface area contributed by atoms with E-state index in [1.54, 1.807) is 7.05 Å². The Kier molecular flexibility index (Phi) is 8.61. The molecule has 0 radical (unpaired) electrons. The monoisotopic (exact) mass is 246 g/mol. The van der Waals surface area contributed by atoms with E-state index in [0.717, 1.165) is 0 Å². The molecule has 3 amide bonds. The number of aliphatic hydroxyl groups is 1. The second kappa shape index (κ2) is 9.55. The summed E-state index contributed by atoms with van der Waals surface area (Å²) in [6.45, 7) is -0.230. The van der Waals surface area contributed by atoms with Crippen LogP contribution in [0.15, 0.2) is 0 Å². The number of amides is 3. The summed E-state index contributed by atoms with van der Waals surface area (Å²) in [4.78, 5) is 33.1. The first-order valence-electron chi connectivity index (χ1n) is 5.15. The van der Waals surface area contributed by atoms with Crippen molar-refractivity contribution < 1.29 is 19.5 Å². The van der Waals surface area contributed by atoms with Crippen molar-refractivity contribution >= 4 is 17.7 Å². The van der Waals surface area contributed by atoms with E-state index in [2.05, 4.69) is 21.3 Å². The van der Waals surface area contributed by atoms with E-state index in [1.807, 2.05) is 0 Å². The zero-order chi connectivity index (χ0) is 13.1. The van der Waals surface area contributed by atoms with Crippen LogP contribution in [-0.2, 0) is 14.4 Å². The zero-order valence-electron chi connectivity index (χ0n) is 9.71. The molecule has 0 aliphatic heterocycles. The van der Waals surface area contributed by atoms with Crippen LogP contribution in [-0.4, -0.2) is 62.7 Å². The molecule has 0 saturated heterocycles. The quantitative estimate of drug-likeness (QED) is 0.305. The third-order valence-corrected chi connectivity index (χ3v) is 1.66. The average Bonchev–Trinajstić information content (AvgIpc) is 2.31. The number of rotatable bonds is 8. The Balaban J connectivity index is 3.59. The van der Waals surface area contributed by atoms with Gasteiger partial charge in [0.25, 0.3) is 0 Å². The molecule has 5 N–H and O–H groups in total. The van der Waals surface area contributed by atoms with Crippen molar-refractivity contribution in [3.8, 4) is 0 Å². The number of hydrogen-bond donors (Lipinski definition) is 5. The SMILES string of the molecule is CNCC(=O)NCC(=O)NCC(=O)NCCO. The maximum Gasteiger partial charge on any atom is 0.239 e. The molecule has 8 heteroatoms. The van der Waals surface area contributed by atoms with Gasteiger partial charge in [-0.05, 0) is 7.05 Å². The molecule has 0 rings (SSSR count). The molecule has 98 valence electrons. The fourth-order valence-corrected chi connectivity index (χ4v) is 0.901. The smallest absolute Gasteiger partial charge is 0.239 e. The molecule has 0 heterocycles. The molecule has 0 spiro atoms. The van der Waals surface area contributed by atoms with Gasteiger partial charge in [0.05, 0.1) is 26.2 Å². The zero-order valence-corrected chi connectivity index (χ0v) is 9.71. The summed E-state index contributed by atoms with van der Waals surface area (Å²) in [6.07, 6.45) is 0. The molecule has 0 fully saturated rings. The highest BCUT2D eigenvalue weighted by Crippen LogP contribution is 1.69. The summed E-state index contributed by atoms with van der Waals surface area (Å²) >= 11 is 0.